The number of carbonyl (C=O) groups is 5. The molecule has 0 radical (unpaired) electrons. The Hall–Kier alpha value is -2.80. The summed E-state index contributed by atoms with van der Waals surface area (Å²) in [5.74, 6) is -6.31. The van der Waals surface area contributed by atoms with Gasteiger partial charge in [0.15, 0.2) is 0 Å². The number of esters is 1. The molecule has 2 amide bonds. The molecule has 0 aromatic carbocycles. The lowest BCUT2D eigenvalue weighted by atomic mass is 10.2. The quantitative estimate of drug-likeness (QED) is 0.120. The van der Waals surface area contributed by atoms with Gasteiger partial charge in [0, 0.05) is 11.2 Å². The molecule has 0 saturated heterocycles. The van der Waals surface area contributed by atoms with E-state index in [4.69, 9.17) is 15.9 Å². The Morgan fingerprint density at radius 1 is 1.19 bits per heavy atom. The molecule has 0 aromatic heterocycles. The van der Waals surface area contributed by atoms with Crippen molar-refractivity contribution in [3.05, 3.63) is 11.2 Å². The van der Waals surface area contributed by atoms with Crippen molar-refractivity contribution in [2.24, 2.45) is 5.73 Å². The van der Waals surface area contributed by atoms with Crippen LogP contribution in [0.5, 0.6) is 0 Å². The van der Waals surface area contributed by atoms with Gasteiger partial charge in [-0.25, -0.2) is 4.79 Å². The normalized spacial score (nSPS) is 13.2. The lowest BCUT2D eigenvalue weighted by Crippen LogP contribution is -2.50. The van der Waals surface area contributed by atoms with Gasteiger partial charge in [-0.3, -0.25) is 19.2 Å². The number of hydrogen-bond acceptors (Lipinski definition) is 9. The highest BCUT2D eigenvalue weighted by atomic mass is 32.2. The zero-order chi connectivity index (χ0) is 21.0. The van der Waals surface area contributed by atoms with Gasteiger partial charge in [-0.2, -0.15) is 0 Å². The summed E-state index contributed by atoms with van der Waals surface area (Å²) in [6.45, 7) is 0.883. The molecule has 2 unspecified atom stereocenters. The molecule has 0 spiro atoms. The van der Waals surface area contributed by atoms with E-state index in [0.717, 1.165) is 17.2 Å². The van der Waals surface area contributed by atoms with Gasteiger partial charge < -0.3 is 36.4 Å². The number of aliphatic carboxylic acids is 2. The summed E-state index contributed by atoms with van der Waals surface area (Å²) in [4.78, 5) is 56.2. The van der Waals surface area contributed by atoms with E-state index in [1.165, 1.54) is 0 Å². The molecule has 12 nitrogen and oxygen atoms in total. The predicted molar refractivity (Wildman–Crippen MR) is 92.6 cm³/mol. The van der Waals surface area contributed by atoms with Crippen molar-refractivity contribution >= 4 is 41.5 Å². The van der Waals surface area contributed by atoms with Gasteiger partial charge in [-0.1, -0.05) is 0 Å². The number of carboxylic acids is 2. The molecule has 2 atom stereocenters. The Morgan fingerprint density at radius 3 is 2.33 bits per heavy atom. The van der Waals surface area contributed by atoms with Crippen LogP contribution in [0.4, 0.5) is 0 Å². The van der Waals surface area contributed by atoms with E-state index in [2.05, 4.69) is 15.4 Å². The Balaban J connectivity index is 4.92. The third-order valence-corrected chi connectivity index (χ3v) is 3.65. The maximum Gasteiger partial charge on any atom is 0.373 e. The highest BCUT2D eigenvalue weighted by molar-refractivity contribution is 8.02. The van der Waals surface area contributed by atoms with E-state index >= 15 is 0 Å². The lowest BCUT2D eigenvalue weighted by molar-refractivity contribution is -0.141. The van der Waals surface area contributed by atoms with E-state index < -0.39 is 60.5 Å². The molecule has 0 saturated carbocycles. The average Bonchev–Trinajstić information content (AvgIpc) is 2.58. The molecule has 0 bridgehead atoms. The maximum atomic E-state index is 12.0. The van der Waals surface area contributed by atoms with E-state index in [0.29, 0.717) is 0 Å². The van der Waals surface area contributed by atoms with Crippen LogP contribution in [0.15, 0.2) is 11.2 Å². The average molecular weight is 407 g/mol. The number of carboxylic acid groups (broad SMARTS) is 2. The topological polar surface area (TPSA) is 205 Å². The summed E-state index contributed by atoms with van der Waals surface area (Å²) < 4.78 is 4.55. The van der Waals surface area contributed by atoms with Crippen LogP contribution in [0.3, 0.4) is 0 Å². The van der Waals surface area contributed by atoms with E-state index in [1.807, 2.05) is 0 Å². The van der Waals surface area contributed by atoms with Crippen LogP contribution in [0.1, 0.15) is 13.3 Å². The van der Waals surface area contributed by atoms with Gasteiger partial charge >= 0.3 is 17.9 Å². The highest BCUT2D eigenvalue weighted by Gasteiger charge is 2.24. The number of aliphatic hydroxyl groups excluding tert-OH is 1. The van der Waals surface area contributed by atoms with Crippen molar-refractivity contribution in [3.8, 4) is 0 Å². The molecule has 0 aromatic rings. The standard InChI is InChI=1S/C14H21N3O9S/c1-2-26-14(25)9(18)6-27-5-8(12(22)16-4-11(20)21)17-10(19)3-7(15)13(23)24/h6-8,18H,2-5,15H2,1H3,(H,16,22)(H,17,19)(H,20,21)(H,23,24). The summed E-state index contributed by atoms with van der Waals surface area (Å²) in [7, 11) is 0. The predicted octanol–water partition coefficient (Wildman–Crippen LogP) is -1.83. The number of thioether (sulfide) groups is 1. The van der Waals surface area contributed by atoms with E-state index in [9.17, 15) is 29.1 Å². The molecule has 0 aliphatic carbocycles. The van der Waals surface area contributed by atoms with Gasteiger partial charge in [0.1, 0.15) is 18.6 Å². The minimum Gasteiger partial charge on any atom is -0.501 e. The summed E-state index contributed by atoms with van der Waals surface area (Å²) in [5, 5.41) is 32.0. The molecule has 27 heavy (non-hydrogen) atoms. The molecular weight excluding hydrogens is 386 g/mol. The molecule has 0 rings (SSSR count). The number of nitrogens with two attached hydrogens (primary N) is 1. The van der Waals surface area contributed by atoms with Gasteiger partial charge in [0.05, 0.1) is 13.0 Å². The van der Waals surface area contributed by atoms with Gasteiger partial charge in [0.2, 0.25) is 17.6 Å². The van der Waals surface area contributed by atoms with Gasteiger partial charge in [-0.15, -0.1) is 11.8 Å². The van der Waals surface area contributed by atoms with E-state index in [1.54, 1.807) is 6.92 Å². The monoisotopic (exact) mass is 407 g/mol. The summed E-state index contributed by atoms with van der Waals surface area (Å²) in [6.07, 6.45) is -0.605. The molecule has 0 aliphatic heterocycles. The Labute approximate surface area is 158 Å². The molecule has 13 heteroatoms. The second-order valence-electron chi connectivity index (χ2n) is 4.94. The maximum absolute atomic E-state index is 12.0. The largest absolute Gasteiger partial charge is 0.501 e. The zero-order valence-electron chi connectivity index (χ0n) is 14.3. The van der Waals surface area contributed by atoms with Crippen LogP contribution in [-0.2, 0) is 28.7 Å². The van der Waals surface area contributed by atoms with Crippen molar-refractivity contribution in [1.82, 2.24) is 10.6 Å². The highest BCUT2D eigenvalue weighted by Crippen LogP contribution is 2.09. The summed E-state index contributed by atoms with van der Waals surface area (Å²) in [5.41, 5.74) is 5.23. The Kier molecular flexibility index (Phi) is 11.2. The fourth-order valence-corrected chi connectivity index (χ4v) is 2.26. The number of carbonyl (C=O) groups excluding carboxylic acids is 3. The zero-order valence-corrected chi connectivity index (χ0v) is 15.2. The fourth-order valence-electron chi connectivity index (χ4n) is 1.49. The second-order valence-corrected chi connectivity index (χ2v) is 5.84. The smallest absolute Gasteiger partial charge is 0.373 e. The van der Waals surface area contributed by atoms with Crippen LogP contribution >= 0.6 is 11.8 Å². The number of aliphatic hydroxyl groups is 1. The van der Waals surface area contributed by atoms with Crippen LogP contribution in [0, 0.1) is 0 Å². The summed E-state index contributed by atoms with van der Waals surface area (Å²) in [6, 6.07) is -2.75. The molecule has 0 fully saturated rings. The van der Waals surface area contributed by atoms with Gasteiger partial charge in [0.25, 0.3) is 0 Å². The number of amides is 2. The SMILES string of the molecule is CCOC(=O)C(O)=CSCC(NC(=O)CC(N)C(=O)O)C(=O)NCC(=O)O. The Morgan fingerprint density at radius 2 is 1.81 bits per heavy atom. The van der Waals surface area contributed by atoms with Crippen molar-refractivity contribution in [2.75, 3.05) is 18.9 Å². The van der Waals surface area contributed by atoms with Crippen LogP contribution < -0.4 is 16.4 Å². The first-order valence-electron chi connectivity index (χ1n) is 7.53. The first-order valence-corrected chi connectivity index (χ1v) is 8.58. The summed E-state index contributed by atoms with van der Waals surface area (Å²) >= 11 is 0.770. The van der Waals surface area contributed by atoms with Crippen molar-refractivity contribution in [3.63, 3.8) is 0 Å². The van der Waals surface area contributed by atoms with E-state index in [-0.39, 0.29) is 12.4 Å². The minimum atomic E-state index is -1.48. The lowest BCUT2D eigenvalue weighted by Gasteiger charge is -2.17. The molecule has 152 valence electrons. The van der Waals surface area contributed by atoms with Gasteiger partial charge in [-0.05, 0) is 6.92 Å². The van der Waals surface area contributed by atoms with Crippen molar-refractivity contribution in [1.29, 1.82) is 0 Å². The number of rotatable bonds is 12. The number of ether oxygens (including phenoxy) is 1. The fraction of sp³-hybridized carbons (Fsp3) is 0.500. The number of nitrogens with one attached hydrogen (secondary N) is 2. The van der Waals surface area contributed by atoms with Crippen LogP contribution in [-0.4, -0.2) is 76.0 Å². The Bertz CT molecular complexity index is 609. The molecule has 0 aliphatic rings. The van der Waals surface area contributed by atoms with Crippen molar-refractivity contribution < 1.29 is 44.0 Å². The first kappa shape index (κ1) is 24.2. The second kappa shape index (κ2) is 12.5. The first-order chi connectivity index (χ1) is 12.6. The molecular formula is C14H21N3O9S. The third kappa shape index (κ3) is 10.7. The van der Waals surface area contributed by atoms with Crippen molar-refractivity contribution in [2.45, 2.75) is 25.4 Å². The number of hydrogen-bond donors (Lipinski definition) is 6. The molecule has 0 heterocycles. The minimum absolute atomic E-state index is 0.0432. The van der Waals surface area contributed by atoms with Crippen LogP contribution in [0.2, 0.25) is 0 Å². The third-order valence-electron chi connectivity index (χ3n) is 2.73. The molecule has 7 N–H and O–H groups in total. The van der Waals surface area contributed by atoms with Crippen LogP contribution in [0.25, 0.3) is 0 Å².